The minimum absolute atomic E-state index is 0.131. The Hall–Kier alpha value is -0.800. The molecule has 1 heterocycles. The summed E-state index contributed by atoms with van der Waals surface area (Å²) in [5, 5.41) is 2.05. The van der Waals surface area contributed by atoms with E-state index in [4.69, 9.17) is 34.8 Å². The largest absolute Gasteiger partial charge is 0.288 e. The summed E-state index contributed by atoms with van der Waals surface area (Å²) in [6.45, 7) is 0. The summed E-state index contributed by atoms with van der Waals surface area (Å²) in [6, 6.07) is 8.94. The van der Waals surface area contributed by atoms with Crippen LogP contribution in [0.15, 0.2) is 35.1 Å². The first-order valence-corrected chi connectivity index (χ1v) is 7.03. The predicted molar refractivity (Wildman–Crippen MR) is 80.6 cm³/mol. The molecule has 0 aliphatic carbocycles. The van der Waals surface area contributed by atoms with E-state index in [0.29, 0.717) is 25.5 Å². The number of rotatable bonds is 0. The molecule has 0 fully saturated rings. The highest BCUT2D eigenvalue weighted by molar-refractivity contribution is 7.25. The zero-order valence-corrected chi connectivity index (χ0v) is 11.9. The van der Waals surface area contributed by atoms with E-state index >= 15 is 0 Å². The molecule has 3 aromatic rings. The minimum atomic E-state index is -0.131. The van der Waals surface area contributed by atoms with Crippen LogP contribution in [0.3, 0.4) is 0 Å². The van der Waals surface area contributed by atoms with E-state index in [0.717, 1.165) is 4.70 Å². The lowest BCUT2D eigenvalue weighted by Crippen LogP contribution is -2.01. The summed E-state index contributed by atoms with van der Waals surface area (Å²) in [5.41, 5.74) is -0.131. The van der Waals surface area contributed by atoms with Crippen molar-refractivity contribution in [2.45, 2.75) is 0 Å². The molecule has 90 valence electrons. The Balaban J connectivity index is 2.69. The SMILES string of the molecule is O=c1c2ccccc2sc2c(Cl)cc(Cl)c(Cl)c12. The van der Waals surface area contributed by atoms with Crippen molar-refractivity contribution in [2.75, 3.05) is 0 Å². The average molecular weight is 316 g/mol. The molecule has 0 aliphatic heterocycles. The lowest BCUT2D eigenvalue weighted by atomic mass is 10.2. The van der Waals surface area contributed by atoms with Crippen LogP contribution in [-0.4, -0.2) is 0 Å². The van der Waals surface area contributed by atoms with E-state index in [1.165, 1.54) is 11.3 Å². The van der Waals surface area contributed by atoms with Crippen LogP contribution in [0.5, 0.6) is 0 Å². The molecule has 0 bridgehead atoms. The van der Waals surface area contributed by atoms with Crippen LogP contribution in [0.4, 0.5) is 0 Å². The quantitative estimate of drug-likeness (QED) is 0.402. The number of fused-ring (bicyclic) bond motifs is 2. The molecule has 0 unspecified atom stereocenters. The highest BCUT2D eigenvalue weighted by Gasteiger charge is 2.14. The zero-order valence-electron chi connectivity index (χ0n) is 8.84. The summed E-state index contributed by atoms with van der Waals surface area (Å²) >= 11 is 19.7. The first-order valence-electron chi connectivity index (χ1n) is 5.08. The van der Waals surface area contributed by atoms with Gasteiger partial charge in [-0.15, -0.1) is 11.3 Å². The van der Waals surface area contributed by atoms with Crippen molar-refractivity contribution >= 4 is 66.3 Å². The van der Waals surface area contributed by atoms with Crippen molar-refractivity contribution < 1.29 is 0 Å². The molecule has 5 heteroatoms. The van der Waals surface area contributed by atoms with Gasteiger partial charge in [0, 0.05) is 10.1 Å². The summed E-state index contributed by atoms with van der Waals surface area (Å²) in [4.78, 5) is 12.4. The Morgan fingerprint density at radius 3 is 2.50 bits per heavy atom. The molecule has 0 saturated heterocycles. The van der Waals surface area contributed by atoms with E-state index in [2.05, 4.69) is 0 Å². The van der Waals surface area contributed by atoms with E-state index in [1.54, 1.807) is 12.1 Å². The Labute approximate surface area is 122 Å². The topological polar surface area (TPSA) is 17.1 Å². The molecule has 3 rings (SSSR count). The molecule has 0 amide bonds. The lowest BCUT2D eigenvalue weighted by Gasteiger charge is -2.05. The molecule has 0 atom stereocenters. The summed E-state index contributed by atoms with van der Waals surface area (Å²) < 4.78 is 1.56. The van der Waals surface area contributed by atoms with Gasteiger partial charge in [0.15, 0.2) is 5.43 Å². The third-order valence-corrected chi connectivity index (χ3v) is 5.10. The average Bonchev–Trinajstić information content (AvgIpc) is 2.36. The molecule has 2 aromatic carbocycles. The normalized spacial score (nSPS) is 11.3. The Kier molecular flexibility index (Phi) is 2.99. The third kappa shape index (κ3) is 1.72. The van der Waals surface area contributed by atoms with E-state index in [9.17, 15) is 4.79 Å². The smallest absolute Gasteiger partial charge is 0.197 e. The monoisotopic (exact) mass is 314 g/mol. The van der Waals surface area contributed by atoms with Crippen LogP contribution >= 0.6 is 46.1 Å². The Bertz CT molecular complexity index is 839. The lowest BCUT2D eigenvalue weighted by molar-refractivity contribution is 1.74. The predicted octanol–water partition coefficient (Wildman–Crippen LogP) is 5.37. The molecule has 0 N–H and O–H groups in total. The molecule has 0 radical (unpaired) electrons. The van der Waals surface area contributed by atoms with Crippen molar-refractivity contribution in [3.63, 3.8) is 0 Å². The van der Waals surface area contributed by atoms with Gasteiger partial charge in [0.2, 0.25) is 0 Å². The maximum absolute atomic E-state index is 12.4. The first-order chi connectivity index (χ1) is 8.59. The highest BCUT2D eigenvalue weighted by atomic mass is 35.5. The number of hydrogen-bond acceptors (Lipinski definition) is 2. The molecule has 0 saturated carbocycles. The molecular weight excluding hydrogens is 311 g/mol. The van der Waals surface area contributed by atoms with Crippen LogP contribution < -0.4 is 5.43 Å². The van der Waals surface area contributed by atoms with Gasteiger partial charge in [-0.05, 0) is 18.2 Å². The highest BCUT2D eigenvalue weighted by Crippen LogP contribution is 2.38. The van der Waals surface area contributed by atoms with Gasteiger partial charge >= 0.3 is 0 Å². The van der Waals surface area contributed by atoms with Gasteiger partial charge in [-0.3, -0.25) is 4.79 Å². The number of hydrogen-bond donors (Lipinski definition) is 0. The van der Waals surface area contributed by atoms with E-state index < -0.39 is 0 Å². The minimum Gasteiger partial charge on any atom is -0.288 e. The number of halogens is 3. The third-order valence-electron chi connectivity index (χ3n) is 2.70. The van der Waals surface area contributed by atoms with Crippen molar-refractivity contribution in [1.29, 1.82) is 0 Å². The fourth-order valence-electron chi connectivity index (χ4n) is 1.87. The van der Waals surface area contributed by atoms with E-state index in [1.807, 2.05) is 18.2 Å². The van der Waals surface area contributed by atoms with Gasteiger partial charge in [0.1, 0.15) is 0 Å². The van der Waals surface area contributed by atoms with E-state index in [-0.39, 0.29) is 10.5 Å². The first kappa shape index (κ1) is 12.2. The second-order valence-electron chi connectivity index (χ2n) is 3.79. The molecule has 1 nitrogen and oxygen atoms in total. The molecule has 18 heavy (non-hydrogen) atoms. The van der Waals surface area contributed by atoms with Crippen LogP contribution in [-0.2, 0) is 0 Å². The number of benzene rings is 2. The Morgan fingerprint density at radius 2 is 1.72 bits per heavy atom. The molecule has 0 spiro atoms. The maximum Gasteiger partial charge on any atom is 0.197 e. The van der Waals surface area contributed by atoms with Crippen LogP contribution in [0.25, 0.3) is 20.2 Å². The fraction of sp³-hybridized carbons (Fsp3) is 0. The second-order valence-corrected chi connectivity index (χ2v) is 6.03. The van der Waals surface area contributed by atoms with Gasteiger partial charge in [-0.2, -0.15) is 0 Å². The maximum atomic E-state index is 12.4. The van der Waals surface area contributed by atoms with Crippen LogP contribution in [0.1, 0.15) is 0 Å². The molecule has 0 aliphatic rings. The molecular formula is C13H5Cl3OS. The molecule has 1 aromatic heterocycles. The summed E-state index contributed by atoms with van der Waals surface area (Å²) in [7, 11) is 0. The standard InChI is InChI=1S/C13H5Cl3OS/c14-7-5-8(15)13-10(11(7)16)12(17)6-3-1-2-4-9(6)18-13/h1-5H. The van der Waals surface area contributed by atoms with Gasteiger partial charge < -0.3 is 0 Å². The Morgan fingerprint density at radius 1 is 1.00 bits per heavy atom. The van der Waals surface area contributed by atoms with Crippen molar-refractivity contribution in [2.24, 2.45) is 0 Å². The van der Waals surface area contributed by atoms with Crippen molar-refractivity contribution in [3.05, 3.63) is 55.6 Å². The van der Waals surface area contributed by atoms with Crippen LogP contribution in [0.2, 0.25) is 15.1 Å². The van der Waals surface area contributed by atoms with Crippen LogP contribution in [0, 0.1) is 0 Å². The second kappa shape index (κ2) is 4.39. The van der Waals surface area contributed by atoms with Crippen molar-refractivity contribution in [1.82, 2.24) is 0 Å². The summed E-state index contributed by atoms with van der Waals surface area (Å²) in [5.74, 6) is 0. The van der Waals surface area contributed by atoms with Gasteiger partial charge in [-0.25, -0.2) is 0 Å². The van der Waals surface area contributed by atoms with Gasteiger partial charge in [0.05, 0.1) is 25.2 Å². The fourth-order valence-corrected chi connectivity index (χ4v) is 3.83. The van der Waals surface area contributed by atoms with Gasteiger partial charge in [0.25, 0.3) is 0 Å². The zero-order chi connectivity index (χ0) is 12.9. The van der Waals surface area contributed by atoms with Crippen molar-refractivity contribution in [3.8, 4) is 0 Å². The summed E-state index contributed by atoms with van der Waals surface area (Å²) in [6.07, 6.45) is 0. The van der Waals surface area contributed by atoms with Gasteiger partial charge in [-0.1, -0.05) is 46.9 Å².